The van der Waals surface area contributed by atoms with E-state index in [0.717, 1.165) is 0 Å². The number of aryl methyl sites for hydroxylation is 2. The maximum absolute atomic E-state index is 12.4. The van der Waals surface area contributed by atoms with Gasteiger partial charge in [0.15, 0.2) is 0 Å². The molecule has 0 fully saturated rings. The first-order valence-corrected chi connectivity index (χ1v) is 8.16. The first kappa shape index (κ1) is 18.0. The summed E-state index contributed by atoms with van der Waals surface area (Å²) in [6.45, 7) is 6.93. The summed E-state index contributed by atoms with van der Waals surface area (Å²) < 4.78 is 1.46. The predicted molar refractivity (Wildman–Crippen MR) is 94.6 cm³/mol. The minimum absolute atomic E-state index is 0.0241. The Hall–Kier alpha value is -2.34. The summed E-state index contributed by atoms with van der Waals surface area (Å²) in [5, 5.41) is 7.19. The van der Waals surface area contributed by atoms with Crippen LogP contribution in [0.3, 0.4) is 0 Å². The fraction of sp³-hybridized carbons (Fsp3) is 0.353. The molecule has 0 radical (unpaired) electrons. The van der Waals surface area contributed by atoms with E-state index in [2.05, 4.69) is 10.4 Å². The summed E-state index contributed by atoms with van der Waals surface area (Å²) in [7, 11) is 1.68. The lowest BCUT2D eigenvalue weighted by Crippen LogP contribution is -2.30. The molecule has 7 heteroatoms. The lowest BCUT2D eigenvalue weighted by molar-refractivity contribution is 0.0773. The highest BCUT2D eigenvalue weighted by molar-refractivity contribution is 6.33. The Morgan fingerprint density at radius 2 is 1.79 bits per heavy atom. The maximum atomic E-state index is 12.4. The van der Waals surface area contributed by atoms with Crippen LogP contribution in [0.2, 0.25) is 5.15 Å². The molecule has 2 amide bonds. The molecule has 1 aromatic carbocycles. The number of carbonyl (C=O) groups is 2. The van der Waals surface area contributed by atoms with Crippen molar-refractivity contribution in [2.24, 2.45) is 7.05 Å². The average molecular weight is 349 g/mol. The van der Waals surface area contributed by atoms with Crippen molar-refractivity contribution in [1.29, 1.82) is 0 Å². The van der Waals surface area contributed by atoms with Crippen molar-refractivity contribution in [3.05, 3.63) is 46.2 Å². The third kappa shape index (κ3) is 3.59. The minimum atomic E-state index is -0.326. The fourth-order valence-corrected chi connectivity index (χ4v) is 2.73. The number of aromatic nitrogens is 2. The van der Waals surface area contributed by atoms with Crippen LogP contribution in [0.25, 0.3) is 0 Å². The Bertz CT molecular complexity index is 749. The predicted octanol–water partition coefficient (Wildman–Crippen LogP) is 3.12. The number of anilines is 1. The van der Waals surface area contributed by atoms with Crippen molar-refractivity contribution < 1.29 is 9.59 Å². The molecule has 1 N–H and O–H groups in total. The molecule has 0 spiro atoms. The Balaban J connectivity index is 2.14. The normalized spacial score (nSPS) is 10.5. The molecule has 0 aliphatic carbocycles. The number of hydrogen-bond donors (Lipinski definition) is 1. The van der Waals surface area contributed by atoms with Crippen molar-refractivity contribution in [3.63, 3.8) is 0 Å². The van der Waals surface area contributed by atoms with Gasteiger partial charge in [-0.2, -0.15) is 5.10 Å². The zero-order valence-corrected chi connectivity index (χ0v) is 15.0. The monoisotopic (exact) mass is 348 g/mol. The van der Waals surface area contributed by atoms with Gasteiger partial charge < -0.3 is 10.2 Å². The molecule has 6 nitrogen and oxygen atoms in total. The third-order valence-corrected chi connectivity index (χ3v) is 4.25. The molecule has 2 aromatic rings. The van der Waals surface area contributed by atoms with Crippen LogP contribution >= 0.6 is 11.6 Å². The van der Waals surface area contributed by atoms with Crippen LogP contribution in [0, 0.1) is 6.92 Å². The van der Waals surface area contributed by atoms with E-state index in [0.29, 0.717) is 40.8 Å². The highest BCUT2D eigenvalue weighted by Gasteiger charge is 2.19. The summed E-state index contributed by atoms with van der Waals surface area (Å²) in [6.07, 6.45) is 0. The van der Waals surface area contributed by atoms with E-state index in [9.17, 15) is 9.59 Å². The molecule has 0 aliphatic heterocycles. The van der Waals surface area contributed by atoms with Crippen LogP contribution in [0.5, 0.6) is 0 Å². The zero-order chi connectivity index (χ0) is 17.9. The van der Waals surface area contributed by atoms with Crippen molar-refractivity contribution >= 4 is 29.1 Å². The van der Waals surface area contributed by atoms with Crippen molar-refractivity contribution in [2.45, 2.75) is 20.8 Å². The number of rotatable bonds is 5. The molecule has 0 saturated heterocycles. The standard InChI is InChI=1S/C17H21ClN4O2/c1-5-22(6-2)17(24)12-7-9-13(10-8-12)19-16(23)14-11(3)20-21(4)15(14)18/h7-10H,5-6H2,1-4H3,(H,19,23). The molecule has 0 unspecified atom stereocenters. The van der Waals surface area contributed by atoms with Gasteiger partial charge in [-0.15, -0.1) is 0 Å². The molecule has 0 saturated carbocycles. The molecular formula is C17H21ClN4O2. The molecule has 0 bridgehead atoms. The summed E-state index contributed by atoms with van der Waals surface area (Å²) in [6, 6.07) is 6.81. The van der Waals surface area contributed by atoms with Crippen LogP contribution < -0.4 is 5.32 Å². The Labute approximate surface area is 146 Å². The average Bonchev–Trinajstić information content (AvgIpc) is 2.81. The fourth-order valence-electron chi connectivity index (χ4n) is 2.47. The summed E-state index contributed by atoms with van der Waals surface area (Å²) in [4.78, 5) is 26.4. The van der Waals surface area contributed by atoms with Crippen LogP contribution in [0.1, 0.15) is 40.3 Å². The summed E-state index contributed by atoms with van der Waals surface area (Å²) >= 11 is 6.10. The summed E-state index contributed by atoms with van der Waals surface area (Å²) in [5.74, 6) is -0.350. The van der Waals surface area contributed by atoms with Gasteiger partial charge in [0.05, 0.1) is 11.3 Å². The number of halogens is 1. The smallest absolute Gasteiger partial charge is 0.260 e. The van der Waals surface area contributed by atoms with Crippen LogP contribution in [-0.2, 0) is 7.05 Å². The minimum Gasteiger partial charge on any atom is -0.339 e. The Morgan fingerprint density at radius 3 is 2.25 bits per heavy atom. The number of benzene rings is 1. The maximum Gasteiger partial charge on any atom is 0.260 e. The zero-order valence-electron chi connectivity index (χ0n) is 14.3. The molecule has 0 aliphatic rings. The molecule has 128 valence electrons. The van der Waals surface area contributed by atoms with Gasteiger partial charge in [-0.1, -0.05) is 11.6 Å². The first-order chi connectivity index (χ1) is 11.4. The van der Waals surface area contributed by atoms with Gasteiger partial charge >= 0.3 is 0 Å². The first-order valence-electron chi connectivity index (χ1n) is 7.78. The number of carbonyl (C=O) groups excluding carboxylic acids is 2. The van der Waals surface area contributed by atoms with Gasteiger partial charge in [0.1, 0.15) is 5.15 Å². The van der Waals surface area contributed by atoms with E-state index in [1.807, 2.05) is 13.8 Å². The molecule has 1 heterocycles. The van der Waals surface area contributed by atoms with Crippen molar-refractivity contribution in [3.8, 4) is 0 Å². The van der Waals surface area contributed by atoms with Crippen LogP contribution in [0.15, 0.2) is 24.3 Å². The molecule has 1 aromatic heterocycles. The van der Waals surface area contributed by atoms with E-state index in [1.54, 1.807) is 43.1 Å². The third-order valence-electron chi connectivity index (χ3n) is 3.82. The van der Waals surface area contributed by atoms with E-state index < -0.39 is 0 Å². The Morgan fingerprint density at radius 1 is 1.21 bits per heavy atom. The quantitative estimate of drug-likeness (QED) is 0.902. The van der Waals surface area contributed by atoms with Gasteiger partial charge in [-0.05, 0) is 45.0 Å². The number of nitrogens with zero attached hydrogens (tertiary/aromatic N) is 3. The van der Waals surface area contributed by atoms with E-state index >= 15 is 0 Å². The van der Waals surface area contributed by atoms with E-state index in [-0.39, 0.29) is 11.8 Å². The van der Waals surface area contributed by atoms with Crippen LogP contribution in [-0.4, -0.2) is 39.6 Å². The molecule has 0 atom stereocenters. The van der Waals surface area contributed by atoms with E-state index in [1.165, 1.54) is 4.68 Å². The number of amides is 2. The second-order valence-corrected chi connectivity index (χ2v) is 5.74. The molecule has 24 heavy (non-hydrogen) atoms. The second kappa shape index (κ2) is 7.49. The lowest BCUT2D eigenvalue weighted by atomic mass is 10.1. The largest absolute Gasteiger partial charge is 0.339 e. The van der Waals surface area contributed by atoms with Crippen molar-refractivity contribution in [2.75, 3.05) is 18.4 Å². The second-order valence-electron chi connectivity index (χ2n) is 5.38. The molecule has 2 rings (SSSR count). The van der Waals surface area contributed by atoms with Crippen LogP contribution in [0.4, 0.5) is 5.69 Å². The van der Waals surface area contributed by atoms with Gasteiger partial charge in [-0.3, -0.25) is 14.3 Å². The van der Waals surface area contributed by atoms with Gasteiger partial charge in [0.2, 0.25) is 0 Å². The summed E-state index contributed by atoms with van der Waals surface area (Å²) in [5.41, 5.74) is 2.10. The number of hydrogen-bond acceptors (Lipinski definition) is 3. The SMILES string of the molecule is CCN(CC)C(=O)c1ccc(NC(=O)c2c(C)nn(C)c2Cl)cc1. The van der Waals surface area contributed by atoms with Gasteiger partial charge in [-0.25, -0.2) is 0 Å². The Kier molecular flexibility index (Phi) is 5.62. The van der Waals surface area contributed by atoms with E-state index in [4.69, 9.17) is 11.6 Å². The van der Waals surface area contributed by atoms with Crippen molar-refractivity contribution in [1.82, 2.24) is 14.7 Å². The highest BCUT2D eigenvalue weighted by atomic mass is 35.5. The van der Waals surface area contributed by atoms with Gasteiger partial charge in [0, 0.05) is 31.4 Å². The highest BCUT2D eigenvalue weighted by Crippen LogP contribution is 2.20. The topological polar surface area (TPSA) is 67.2 Å². The number of nitrogens with one attached hydrogen (secondary N) is 1. The van der Waals surface area contributed by atoms with Gasteiger partial charge in [0.25, 0.3) is 11.8 Å². The lowest BCUT2D eigenvalue weighted by Gasteiger charge is -2.18. The molecular weight excluding hydrogens is 328 g/mol.